The molecule has 1 amide bonds. The standard InChI is InChI=1S/C20H29N3O/c21-20(24)18-7-4-16(5-8-18)10-22-11-17-6-9-19(14-22)23(13-17)12-15-2-1-3-15/h4-5,7-8,15,17,19H,1-3,6,9-14H2,(H2,21,24)/t17-,19+/m0/s1. The number of hydrogen-bond acceptors (Lipinski definition) is 3. The topological polar surface area (TPSA) is 49.6 Å². The molecule has 3 saturated heterocycles. The molecular formula is C20H29N3O. The van der Waals surface area contributed by atoms with Gasteiger partial charge in [-0.1, -0.05) is 18.6 Å². The minimum absolute atomic E-state index is 0.346. The number of primary amides is 1. The molecule has 4 aliphatic rings. The lowest BCUT2D eigenvalue weighted by molar-refractivity contribution is 0.0891. The van der Waals surface area contributed by atoms with Crippen LogP contribution in [-0.2, 0) is 6.54 Å². The molecule has 24 heavy (non-hydrogen) atoms. The summed E-state index contributed by atoms with van der Waals surface area (Å²) in [7, 11) is 0. The van der Waals surface area contributed by atoms with Crippen molar-refractivity contribution in [3.8, 4) is 0 Å². The van der Waals surface area contributed by atoms with E-state index >= 15 is 0 Å². The van der Waals surface area contributed by atoms with Gasteiger partial charge in [0.15, 0.2) is 0 Å². The van der Waals surface area contributed by atoms with E-state index in [1.54, 1.807) is 0 Å². The molecule has 3 aliphatic heterocycles. The third-order valence-corrected chi connectivity index (χ3v) is 6.26. The lowest BCUT2D eigenvalue weighted by Crippen LogP contribution is -2.46. The van der Waals surface area contributed by atoms with Gasteiger partial charge in [0.05, 0.1) is 0 Å². The highest BCUT2D eigenvalue weighted by Crippen LogP contribution is 2.33. The van der Waals surface area contributed by atoms with Crippen LogP contribution in [0.2, 0.25) is 0 Å². The van der Waals surface area contributed by atoms with Crippen LogP contribution in [-0.4, -0.2) is 47.9 Å². The van der Waals surface area contributed by atoms with Gasteiger partial charge in [-0.25, -0.2) is 0 Å². The second-order valence-electron chi connectivity index (χ2n) is 8.10. The van der Waals surface area contributed by atoms with Crippen molar-refractivity contribution in [1.82, 2.24) is 9.80 Å². The summed E-state index contributed by atoms with van der Waals surface area (Å²) in [6.07, 6.45) is 7.10. The summed E-state index contributed by atoms with van der Waals surface area (Å²) in [5, 5.41) is 0. The van der Waals surface area contributed by atoms with Gasteiger partial charge in [0.2, 0.25) is 5.91 Å². The van der Waals surface area contributed by atoms with Crippen molar-refractivity contribution in [3.63, 3.8) is 0 Å². The number of rotatable bonds is 5. The number of piperidine rings is 1. The molecule has 4 fully saturated rings. The first-order valence-corrected chi connectivity index (χ1v) is 9.52. The molecule has 0 spiro atoms. The Bertz CT molecular complexity index is 581. The molecule has 0 aromatic heterocycles. The normalized spacial score (nSPS) is 28.5. The van der Waals surface area contributed by atoms with E-state index in [2.05, 4.69) is 21.9 Å². The maximum absolute atomic E-state index is 11.2. The van der Waals surface area contributed by atoms with Crippen LogP contribution in [0.5, 0.6) is 0 Å². The summed E-state index contributed by atoms with van der Waals surface area (Å²) < 4.78 is 0. The second-order valence-corrected chi connectivity index (χ2v) is 8.10. The van der Waals surface area contributed by atoms with E-state index in [9.17, 15) is 4.79 Å². The average Bonchev–Trinajstić information content (AvgIpc) is 2.82. The van der Waals surface area contributed by atoms with Crippen LogP contribution < -0.4 is 5.73 Å². The Hall–Kier alpha value is -1.39. The Balaban J connectivity index is 1.39. The maximum Gasteiger partial charge on any atom is 0.248 e. The third kappa shape index (κ3) is 3.50. The smallest absolute Gasteiger partial charge is 0.248 e. The summed E-state index contributed by atoms with van der Waals surface area (Å²) in [6, 6.07) is 8.56. The number of nitrogens with two attached hydrogens (primary N) is 1. The summed E-state index contributed by atoms with van der Waals surface area (Å²) >= 11 is 0. The molecule has 5 rings (SSSR count). The molecule has 2 N–H and O–H groups in total. The molecule has 1 aliphatic carbocycles. The third-order valence-electron chi connectivity index (χ3n) is 6.26. The van der Waals surface area contributed by atoms with E-state index in [0.717, 1.165) is 24.4 Å². The van der Waals surface area contributed by atoms with Crippen LogP contribution in [0, 0.1) is 11.8 Å². The van der Waals surface area contributed by atoms with Crippen molar-refractivity contribution in [2.45, 2.75) is 44.7 Å². The molecule has 2 atom stereocenters. The first-order valence-electron chi connectivity index (χ1n) is 9.52. The van der Waals surface area contributed by atoms with Gasteiger partial charge in [-0.3, -0.25) is 14.6 Å². The highest BCUT2D eigenvalue weighted by Gasteiger charge is 2.36. The van der Waals surface area contributed by atoms with E-state index < -0.39 is 0 Å². The quantitative estimate of drug-likeness (QED) is 0.904. The molecule has 0 unspecified atom stereocenters. The molecule has 1 saturated carbocycles. The number of hydrogen-bond donors (Lipinski definition) is 1. The van der Waals surface area contributed by atoms with Crippen molar-refractivity contribution in [3.05, 3.63) is 35.4 Å². The molecular weight excluding hydrogens is 298 g/mol. The largest absolute Gasteiger partial charge is 0.366 e. The fourth-order valence-electron chi connectivity index (χ4n) is 4.67. The van der Waals surface area contributed by atoms with Gasteiger partial charge in [0.1, 0.15) is 0 Å². The van der Waals surface area contributed by atoms with Crippen LogP contribution in [0.25, 0.3) is 0 Å². The number of fused-ring (bicyclic) bond motifs is 4. The van der Waals surface area contributed by atoms with E-state index in [1.165, 1.54) is 63.8 Å². The first kappa shape index (κ1) is 16.1. The zero-order valence-corrected chi connectivity index (χ0v) is 14.5. The van der Waals surface area contributed by atoms with Crippen LogP contribution in [0.1, 0.15) is 48.0 Å². The second kappa shape index (κ2) is 6.85. The lowest BCUT2D eigenvalue weighted by atomic mass is 9.83. The Morgan fingerprint density at radius 2 is 1.83 bits per heavy atom. The van der Waals surface area contributed by atoms with Crippen LogP contribution in [0.3, 0.4) is 0 Å². The number of carbonyl (C=O) groups is 1. The van der Waals surface area contributed by atoms with Crippen molar-refractivity contribution in [2.24, 2.45) is 17.6 Å². The van der Waals surface area contributed by atoms with Gasteiger partial charge in [-0.15, -0.1) is 0 Å². The number of amides is 1. The Labute approximate surface area is 145 Å². The van der Waals surface area contributed by atoms with E-state index in [4.69, 9.17) is 5.73 Å². The van der Waals surface area contributed by atoms with Crippen molar-refractivity contribution in [1.29, 1.82) is 0 Å². The molecule has 1 aromatic rings. The Morgan fingerprint density at radius 1 is 1.04 bits per heavy atom. The van der Waals surface area contributed by atoms with E-state index in [-0.39, 0.29) is 5.91 Å². The summed E-state index contributed by atoms with van der Waals surface area (Å²) in [5.74, 6) is 1.45. The molecule has 4 heteroatoms. The zero-order valence-electron chi connectivity index (χ0n) is 14.5. The van der Waals surface area contributed by atoms with Crippen LogP contribution >= 0.6 is 0 Å². The fourth-order valence-corrected chi connectivity index (χ4v) is 4.67. The lowest BCUT2D eigenvalue weighted by Gasteiger charge is -2.40. The average molecular weight is 327 g/mol. The number of nitrogens with zero attached hydrogens (tertiary/aromatic N) is 2. The number of benzene rings is 1. The van der Waals surface area contributed by atoms with Gasteiger partial charge in [-0.05, 0) is 55.2 Å². The Kier molecular flexibility index (Phi) is 4.59. The minimum Gasteiger partial charge on any atom is -0.366 e. The van der Waals surface area contributed by atoms with Gasteiger partial charge in [0, 0.05) is 44.3 Å². The van der Waals surface area contributed by atoms with Gasteiger partial charge in [-0.2, -0.15) is 0 Å². The van der Waals surface area contributed by atoms with Crippen LogP contribution in [0.4, 0.5) is 0 Å². The van der Waals surface area contributed by atoms with Crippen molar-refractivity contribution in [2.75, 3.05) is 26.2 Å². The van der Waals surface area contributed by atoms with Crippen molar-refractivity contribution >= 4 is 5.91 Å². The Morgan fingerprint density at radius 3 is 2.50 bits per heavy atom. The SMILES string of the molecule is NC(=O)c1ccc(CN2C[C@@H]3CC[C@H](C2)N(CC2CCC2)C3)cc1. The van der Waals surface area contributed by atoms with Gasteiger partial charge < -0.3 is 5.73 Å². The number of carbonyl (C=O) groups excluding carboxylic acids is 1. The minimum atomic E-state index is -0.346. The molecule has 130 valence electrons. The van der Waals surface area contributed by atoms with Crippen molar-refractivity contribution < 1.29 is 4.79 Å². The van der Waals surface area contributed by atoms with Gasteiger partial charge in [0.25, 0.3) is 0 Å². The van der Waals surface area contributed by atoms with Crippen LogP contribution in [0.15, 0.2) is 24.3 Å². The van der Waals surface area contributed by atoms with E-state index in [0.29, 0.717) is 5.56 Å². The summed E-state index contributed by atoms with van der Waals surface area (Å²) in [6.45, 7) is 6.04. The fraction of sp³-hybridized carbons (Fsp3) is 0.650. The first-order chi connectivity index (χ1) is 11.7. The summed E-state index contributed by atoms with van der Waals surface area (Å²) in [4.78, 5) is 16.6. The summed E-state index contributed by atoms with van der Waals surface area (Å²) in [5.41, 5.74) is 7.21. The zero-order chi connectivity index (χ0) is 16.5. The van der Waals surface area contributed by atoms with Gasteiger partial charge >= 0.3 is 0 Å². The highest BCUT2D eigenvalue weighted by molar-refractivity contribution is 5.92. The molecule has 1 aromatic carbocycles. The molecule has 2 bridgehead atoms. The molecule has 0 radical (unpaired) electrons. The predicted molar refractivity (Wildman–Crippen MR) is 95.7 cm³/mol. The highest BCUT2D eigenvalue weighted by atomic mass is 16.1. The monoisotopic (exact) mass is 327 g/mol. The van der Waals surface area contributed by atoms with E-state index in [1.807, 2.05) is 12.1 Å². The molecule has 3 heterocycles. The molecule has 4 nitrogen and oxygen atoms in total. The maximum atomic E-state index is 11.2. The predicted octanol–water partition coefficient (Wildman–Crippen LogP) is 2.48.